The Labute approximate surface area is 196 Å². The molecule has 0 atom stereocenters. The van der Waals surface area contributed by atoms with Gasteiger partial charge in [0.2, 0.25) is 5.91 Å². The van der Waals surface area contributed by atoms with E-state index in [1.807, 2.05) is 65.0 Å². The molecule has 0 saturated carbocycles. The minimum atomic E-state index is -0.110. The third-order valence-electron chi connectivity index (χ3n) is 5.71. The van der Waals surface area contributed by atoms with Crippen LogP contribution in [0.1, 0.15) is 0 Å². The van der Waals surface area contributed by atoms with Gasteiger partial charge in [-0.3, -0.25) is 4.79 Å². The lowest BCUT2D eigenvalue weighted by Crippen LogP contribution is -2.33. The number of amides is 1. The molecule has 8 heteroatoms. The molecule has 3 heterocycles. The molecule has 168 valence electrons. The number of hydrogen-bond acceptors (Lipinski definition) is 6. The van der Waals surface area contributed by atoms with Crippen LogP contribution in [0, 0.1) is 0 Å². The monoisotopic (exact) mass is 459 g/mol. The van der Waals surface area contributed by atoms with Crippen LogP contribution in [0.2, 0.25) is 0 Å². The summed E-state index contributed by atoms with van der Waals surface area (Å²) in [4.78, 5) is 24.6. The quantitative estimate of drug-likeness (QED) is 0.464. The lowest BCUT2D eigenvalue weighted by molar-refractivity contribution is -0.116. The number of hydrogen-bond donors (Lipinski definition) is 1. The Morgan fingerprint density at radius 1 is 1.06 bits per heavy atom. The lowest BCUT2D eigenvalue weighted by Gasteiger charge is -2.28. The number of rotatable bonds is 6. The van der Waals surface area contributed by atoms with Gasteiger partial charge in [-0.05, 0) is 29.8 Å². The second-order valence-corrected chi connectivity index (χ2v) is 9.03. The van der Waals surface area contributed by atoms with E-state index >= 15 is 0 Å². The summed E-state index contributed by atoms with van der Waals surface area (Å²) in [6, 6.07) is 17.5. The van der Waals surface area contributed by atoms with E-state index < -0.39 is 0 Å². The summed E-state index contributed by atoms with van der Waals surface area (Å²) < 4.78 is 7.18. The summed E-state index contributed by atoms with van der Waals surface area (Å²) in [6.45, 7) is 2.03. The Bertz CT molecular complexity index is 1250. The number of nitrogens with one attached hydrogen (secondary N) is 1. The van der Waals surface area contributed by atoms with E-state index in [0.717, 1.165) is 64.0 Å². The summed E-state index contributed by atoms with van der Waals surface area (Å²) in [5.74, 6) is 3.66. The molecule has 4 aromatic rings. The topological polar surface area (TPSA) is 72.3 Å². The summed E-state index contributed by atoms with van der Waals surface area (Å²) >= 11 is 1.95. The van der Waals surface area contributed by atoms with E-state index in [9.17, 15) is 4.79 Å². The van der Waals surface area contributed by atoms with Crippen molar-refractivity contribution in [3.05, 3.63) is 67.1 Å². The zero-order valence-corrected chi connectivity index (χ0v) is 19.2. The van der Waals surface area contributed by atoms with Gasteiger partial charge in [-0.15, -0.1) is 0 Å². The van der Waals surface area contributed by atoms with Gasteiger partial charge in [0.25, 0.3) is 0 Å². The van der Waals surface area contributed by atoms with E-state index in [0.29, 0.717) is 0 Å². The number of aromatic nitrogens is 3. The molecule has 5 rings (SSSR count). The predicted molar refractivity (Wildman–Crippen MR) is 134 cm³/mol. The number of methoxy groups -OCH3 is 1. The summed E-state index contributed by atoms with van der Waals surface area (Å²) in [5, 5.41) is 2.98. The number of carbonyl (C=O) groups is 1. The molecule has 1 amide bonds. The molecule has 7 nitrogen and oxygen atoms in total. The first-order valence-electron chi connectivity index (χ1n) is 10.9. The second kappa shape index (κ2) is 9.54. The first-order chi connectivity index (χ1) is 16.2. The van der Waals surface area contributed by atoms with Crippen molar-refractivity contribution in [1.29, 1.82) is 0 Å². The van der Waals surface area contributed by atoms with Crippen molar-refractivity contribution in [2.24, 2.45) is 0 Å². The average Bonchev–Trinajstić information content (AvgIpc) is 3.24. The molecule has 0 aliphatic carbocycles. The SMILES string of the molecule is COc1ccc(NC(=O)Cn2cc(-c3ccccc3)c3ncnc(N4CCSCC4)c32)cc1. The highest BCUT2D eigenvalue weighted by Gasteiger charge is 2.22. The second-order valence-electron chi connectivity index (χ2n) is 7.81. The zero-order valence-electron chi connectivity index (χ0n) is 18.4. The fourth-order valence-corrected chi connectivity index (χ4v) is 5.01. The highest BCUT2D eigenvalue weighted by Crippen LogP contribution is 2.34. The molecule has 1 saturated heterocycles. The van der Waals surface area contributed by atoms with Crippen LogP contribution < -0.4 is 15.0 Å². The number of nitrogens with zero attached hydrogens (tertiary/aromatic N) is 4. The van der Waals surface area contributed by atoms with Crippen molar-refractivity contribution in [2.45, 2.75) is 6.54 Å². The van der Waals surface area contributed by atoms with Gasteiger partial charge >= 0.3 is 0 Å². The van der Waals surface area contributed by atoms with Gasteiger partial charge in [0, 0.05) is 42.0 Å². The molecule has 2 aromatic heterocycles. The van der Waals surface area contributed by atoms with Gasteiger partial charge in [-0.2, -0.15) is 11.8 Å². The molecule has 1 fully saturated rings. The van der Waals surface area contributed by atoms with Crippen molar-refractivity contribution in [3.63, 3.8) is 0 Å². The van der Waals surface area contributed by atoms with Gasteiger partial charge in [0.15, 0.2) is 5.82 Å². The minimum Gasteiger partial charge on any atom is -0.497 e. The Morgan fingerprint density at radius 2 is 1.82 bits per heavy atom. The molecule has 1 N–H and O–H groups in total. The molecular weight excluding hydrogens is 434 g/mol. The largest absolute Gasteiger partial charge is 0.497 e. The minimum absolute atomic E-state index is 0.110. The van der Waals surface area contributed by atoms with Crippen LogP contribution in [0.3, 0.4) is 0 Å². The molecule has 1 aliphatic heterocycles. The number of thioether (sulfide) groups is 1. The van der Waals surface area contributed by atoms with Gasteiger partial charge < -0.3 is 19.5 Å². The zero-order chi connectivity index (χ0) is 22.6. The molecule has 2 aromatic carbocycles. The molecule has 33 heavy (non-hydrogen) atoms. The Hall–Kier alpha value is -3.52. The number of benzene rings is 2. The maximum absolute atomic E-state index is 13.0. The van der Waals surface area contributed by atoms with Gasteiger partial charge in [-0.1, -0.05) is 30.3 Å². The maximum Gasteiger partial charge on any atom is 0.244 e. The van der Waals surface area contributed by atoms with E-state index in [4.69, 9.17) is 4.74 Å². The van der Waals surface area contributed by atoms with Gasteiger partial charge in [0.1, 0.15) is 29.7 Å². The van der Waals surface area contributed by atoms with E-state index in [2.05, 4.69) is 32.3 Å². The van der Waals surface area contributed by atoms with Crippen molar-refractivity contribution in [2.75, 3.05) is 41.9 Å². The molecule has 0 bridgehead atoms. The first kappa shape index (κ1) is 21.3. The molecule has 1 aliphatic rings. The summed E-state index contributed by atoms with van der Waals surface area (Å²) in [6.07, 6.45) is 3.65. The number of fused-ring (bicyclic) bond motifs is 1. The third kappa shape index (κ3) is 4.52. The molecular formula is C25H25N5O2S. The van der Waals surface area contributed by atoms with E-state index in [-0.39, 0.29) is 12.5 Å². The third-order valence-corrected chi connectivity index (χ3v) is 6.66. The van der Waals surface area contributed by atoms with Gasteiger partial charge in [0.05, 0.1) is 7.11 Å². The van der Waals surface area contributed by atoms with Crippen LogP contribution in [0.15, 0.2) is 67.1 Å². The maximum atomic E-state index is 13.0. The molecule has 0 radical (unpaired) electrons. The lowest BCUT2D eigenvalue weighted by atomic mass is 10.1. The van der Waals surface area contributed by atoms with E-state index in [1.165, 1.54) is 0 Å². The van der Waals surface area contributed by atoms with Crippen molar-refractivity contribution < 1.29 is 9.53 Å². The van der Waals surface area contributed by atoms with Crippen LogP contribution in [-0.2, 0) is 11.3 Å². The summed E-state index contributed by atoms with van der Waals surface area (Å²) in [5.41, 5.74) is 4.55. The van der Waals surface area contributed by atoms with E-state index in [1.54, 1.807) is 13.4 Å². The van der Waals surface area contributed by atoms with Gasteiger partial charge in [-0.25, -0.2) is 9.97 Å². The predicted octanol–water partition coefficient (Wildman–Crippen LogP) is 4.30. The Morgan fingerprint density at radius 3 is 2.55 bits per heavy atom. The van der Waals surface area contributed by atoms with Crippen LogP contribution in [0.5, 0.6) is 5.75 Å². The highest BCUT2D eigenvalue weighted by atomic mass is 32.2. The Kier molecular flexibility index (Phi) is 6.17. The molecule has 0 unspecified atom stereocenters. The first-order valence-corrected chi connectivity index (χ1v) is 12.0. The van der Waals surface area contributed by atoms with Crippen LogP contribution in [-0.4, -0.2) is 52.1 Å². The number of anilines is 2. The van der Waals surface area contributed by atoms with Crippen molar-refractivity contribution in [1.82, 2.24) is 14.5 Å². The van der Waals surface area contributed by atoms with Crippen LogP contribution >= 0.6 is 11.8 Å². The fourth-order valence-electron chi connectivity index (χ4n) is 4.10. The van der Waals surface area contributed by atoms with Crippen LogP contribution in [0.25, 0.3) is 22.2 Å². The standard InChI is InChI=1S/C25H25N5O2S/c1-32-20-9-7-19(8-10-20)28-22(31)16-30-15-21(18-5-3-2-4-6-18)23-24(30)25(27-17-26-23)29-11-13-33-14-12-29/h2-10,15,17H,11-14,16H2,1H3,(H,28,31). The number of carbonyl (C=O) groups excluding carboxylic acids is 1. The number of ether oxygens (including phenoxy) is 1. The van der Waals surface area contributed by atoms with Crippen LogP contribution in [0.4, 0.5) is 11.5 Å². The smallest absolute Gasteiger partial charge is 0.244 e. The molecule has 0 spiro atoms. The summed E-state index contributed by atoms with van der Waals surface area (Å²) in [7, 11) is 1.62. The van der Waals surface area contributed by atoms with Crippen molar-refractivity contribution in [3.8, 4) is 16.9 Å². The average molecular weight is 460 g/mol. The fraction of sp³-hybridized carbons (Fsp3) is 0.240. The van der Waals surface area contributed by atoms with Crippen molar-refractivity contribution >= 4 is 40.2 Å². The highest BCUT2D eigenvalue weighted by molar-refractivity contribution is 7.99. The Balaban J connectivity index is 1.52. The normalized spacial score (nSPS) is 13.8.